The molecule has 3 saturated carbocycles. The predicted molar refractivity (Wildman–Crippen MR) is 120 cm³/mol. The second-order valence-electron chi connectivity index (χ2n) is 12.9. The molecule has 5 fully saturated rings. The van der Waals surface area contributed by atoms with Gasteiger partial charge in [0.05, 0.1) is 24.9 Å². The highest BCUT2D eigenvalue weighted by Gasteiger charge is 2.73. The first-order valence-corrected chi connectivity index (χ1v) is 13.2. The fourth-order valence-electron chi connectivity index (χ4n) is 9.85. The summed E-state index contributed by atoms with van der Waals surface area (Å²) in [7, 11) is 0. The van der Waals surface area contributed by atoms with Gasteiger partial charge in [-0.3, -0.25) is 0 Å². The summed E-state index contributed by atoms with van der Waals surface area (Å²) in [6, 6.07) is 0. The Balaban J connectivity index is 1.33. The largest absolute Gasteiger partial charge is 0.393 e. The van der Waals surface area contributed by atoms with Gasteiger partial charge in [-0.2, -0.15) is 0 Å². The molecular weight excluding hydrogens is 404 g/mol. The lowest BCUT2D eigenvalue weighted by molar-refractivity contribution is -0.322. The molecule has 6 aliphatic rings. The van der Waals surface area contributed by atoms with Crippen LogP contribution in [0, 0.1) is 46.3 Å². The Morgan fingerprint density at radius 1 is 1.03 bits per heavy atom. The summed E-state index contributed by atoms with van der Waals surface area (Å²) >= 11 is 0. The Kier molecular flexibility index (Phi) is 4.84. The van der Waals surface area contributed by atoms with E-state index in [-0.39, 0.29) is 40.8 Å². The van der Waals surface area contributed by atoms with E-state index in [0.717, 1.165) is 32.1 Å². The van der Waals surface area contributed by atoms with Gasteiger partial charge in [-0.15, -0.1) is 0 Å². The van der Waals surface area contributed by atoms with E-state index in [1.807, 2.05) is 0 Å². The maximum absolute atomic E-state index is 11.8. The van der Waals surface area contributed by atoms with Gasteiger partial charge >= 0.3 is 0 Å². The molecule has 0 aromatic carbocycles. The molecule has 1 spiro atoms. The highest BCUT2D eigenvalue weighted by Crippen LogP contribution is 2.70. The van der Waals surface area contributed by atoms with Crippen LogP contribution in [0.5, 0.6) is 0 Å². The smallest absolute Gasteiger partial charge is 0.197 e. The van der Waals surface area contributed by atoms with Crippen molar-refractivity contribution in [2.75, 3.05) is 6.61 Å². The van der Waals surface area contributed by atoms with Crippen molar-refractivity contribution in [3.05, 3.63) is 11.6 Å². The number of fused-ring (bicyclic) bond motifs is 7. The average molecular weight is 447 g/mol. The van der Waals surface area contributed by atoms with Crippen molar-refractivity contribution < 1.29 is 24.8 Å². The van der Waals surface area contributed by atoms with Crippen molar-refractivity contribution in [1.82, 2.24) is 0 Å². The number of allylic oxidation sites excluding steroid dienone is 1. The number of rotatable bonds is 0. The molecule has 0 aromatic heterocycles. The van der Waals surface area contributed by atoms with E-state index in [4.69, 9.17) is 9.47 Å². The van der Waals surface area contributed by atoms with Gasteiger partial charge in [0.2, 0.25) is 0 Å². The molecule has 6 rings (SSSR count). The molecule has 3 N–H and O–H groups in total. The third kappa shape index (κ3) is 2.64. The summed E-state index contributed by atoms with van der Waals surface area (Å²) in [5.41, 5.74) is 1.62. The maximum Gasteiger partial charge on any atom is 0.197 e. The monoisotopic (exact) mass is 446 g/mol. The Morgan fingerprint density at radius 3 is 2.56 bits per heavy atom. The fourth-order valence-corrected chi connectivity index (χ4v) is 9.85. The summed E-state index contributed by atoms with van der Waals surface area (Å²) in [6.45, 7) is 9.73. The van der Waals surface area contributed by atoms with E-state index < -0.39 is 18.0 Å². The number of aliphatic hydroxyl groups excluding tert-OH is 3. The molecule has 2 heterocycles. The van der Waals surface area contributed by atoms with Crippen LogP contribution in [0.15, 0.2) is 11.6 Å². The normalized spacial score (nSPS) is 61.5. The maximum atomic E-state index is 11.8. The molecule has 32 heavy (non-hydrogen) atoms. The minimum Gasteiger partial charge on any atom is -0.393 e. The van der Waals surface area contributed by atoms with Gasteiger partial charge in [-0.1, -0.05) is 39.3 Å². The van der Waals surface area contributed by atoms with E-state index in [2.05, 4.69) is 33.8 Å². The van der Waals surface area contributed by atoms with Crippen LogP contribution in [0.2, 0.25) is 0 Å². The summed E-state index contributed by atoms with van der Waals surface area (Å²) in [5.74, 6) is 0.888. The van der Waals surface area contributed by atoms with Crippen LogP contribution in [-0.2, 0) is 9.47 Å². The minimum absolute atomic E-state index is 0.00378. The van der Waals surface area contributed by atoms with Gasteiger partial charge in [-0.05, 0) is 79.4 Å². The highest BCUT2D eigenvalue weighted by molar-refractivity contribution is 5.27. The van der Waals surface area contributed by atoms with E-state index in [9.17, 15) is 15.3 Å². The third-order valence-electron chi connectivity index (χ3n) is 11.4. The van der Waals surface area contributed by atoms with Gasteiger partial charge in [0, 0.05) is 11.8 Å². The first-order chi connectivity index (χ1) is 15.1. The van der Waals surface area contributed by atoms with Crippen LogP contribution in [0.3, 0.4) is 0 Å². The SMILES string of the molecule is C[C@H]1CO[C@@]2(O[C@H]3[C@@H](O)[C@H]4[C@@H]5CC=C6C[C@@H](O)CC[C@]6(C)[C@H]5CC[C@]4(C)[C@H]3[C@@H]2C)[C@@H](O)C1. The average Bonchev–Trinajstić information content (AvgIpc) is 3.16. The van der Waals surface area contributed by atoms with E-state index >= 15 is 0 Å². The Labute approximate surface area is 192 Å². The topological polar surface area (TPSA) is 79.2 Å². The zero-order valence-electron chi connectivity index (χ0n) is 20.2. The molecular formula is C27H42O5. The molecule has 180 valence electrons. The van der Waals surface area contributed by atoms with Crippen LogP contribution < -0.4 is 0 Å². The quantitative estimate of drug-likeness (QED) is 0.495. The predicted octanol–water partition coefficient (Wildman–Crippen LogP) is 3.66. The molecule has 0 aromatic rings. The van der Waals surface area contributed by atoms with Gasteiger partial charge in [0.15, 0.2) is 5.79 Å². The first-order valence-electron chi connectivity index (χ1n) is 13.2. The minimum atomic E-state index is -0.960. The lowest BCUT2D eigenvalue weighted by Crippen LogP contribution is -2.58. The summed E-state index contributed by atoms with van der Waals surface area (Å²) < 4.78 is 12.9. The van der Waals surface area contributed by atoms with Gasteiger partial charge in [0.25, 0.3) is 0 Å². The number of ether oxygens (including phenoxy) is 2. The van der Waals surface area contributed by atoms with Crippen LogP contribution in [0.4, 0.5) is 0 Å². The second-order valence-corrected chi connectivity index (χ2v) is 12.9. The van der Waals surface area contributed by atoms with Crippen LogP contribution in [0.1, 0.15) is 72.6 Å². The van der Waals surface area contributed by atoms with Gasteiger partial charge in [0.1, 0.15) is 6.10 Å². The summed E-state index contributed by atoms with van der Waals surface area (Å²) in [5, 5.41) is 33.1. The lowest BCUT2D eigenvalue weighted by Gasteiger charge is -2.59. The van der Waals surface area contributed by atoms with Crippen molar-refractivity contribution in [2.45, 2.75) is 103 Å². The zero-order valence-corrected chi connectivity index (χ0v) is 20.2. The lowest BCUT2D eigenvalue weighted by atomic mass is 9.46. The van der Waals surface area contributed by atoms with Crippen molar-refractivity contribution >= 4 is 0 Å². The van der Waals surface area contributed by atoms with Gasteiger partial charge in [-0.25, -0.2) is 0 Å². The molecule has 0 radical (unpaired) electrons. The van der Waals surface area contributed by atoms with Crippen molar-refractivity contribution in [3.63, 3.8) is 0 Å². The van der Waals surface area contributed by atoms with E-state index in [1.54, 1.807) is 0 Å². The van der Waals surface area contributed by atoms with Crippen LogP contribution in [-0.4, -0.2) is 52.1 Å². The molecule has 4 aliphatic carbocycles. The molecule has 0 unspecified atom stereocenters. The molecule has 0 amide bonds. The molecule has 5 heteroatoms. The van der Waals surface area contributed by atoms with E-state index in [1.165, 1.54) is 12.0 Å². The fraction of sp³-hybridized carbons (Fsp3) is 0.926. The van der Waals surface area contributed by atoms with Crippen molar-refractivity contribution in [3.8, 4) is 0 Å². The number of hydrogen-bond donors (Lipinski definition) is 3. The first kappa shape index (κ1) is 22.0. The molecule has 5 nitrogen and oxygen atoms in total. The molecule has 13 atom stereocenters. The highest BCUT2D eigenvalue weighted by atomic mass is 16.7. The summed E-state index contributed by atoms with van der Waals surface area (Å²) in [6.07, 6.45) is 7.58. The Morgan fingerprint density at radius 2 is 1.81 bits per heavy atom. The molecule has 2 saturated heterocycles. The molecule has 0 bridgehead atoms. The van der Waals surface area contributed by atoms with Crippen molar-refractivity contribution in [1.29, 1.82) is 0 Å². The summed E-state index contributed by atoms with van der Waals surface area (Å²) in [4.78, 5) is 0. The standard InChI is InChI=1S/C27H42O5/c1-14-11-20(29)27(31-13-14)15(2)21-24(32-27)23(30)22-18-6-5-16-12-17(28)7-9-25(16,3)19(18)8-10-26(21,22)4/h5,14-15,17-24,28-30H,6-13H2,1-4H3/t14-,15+,17+,18-,19+,20+,21+,22-,23+,24-,25+,26-,27+/m1/s1. The Bertz CT molecular complexity index is 812. The number of hydrogen-bond acceptors (Lipinski definition) is 5. The van der Waals surface area contributed by atoms with Crippen LogP contribution >= 0.6 is 0 Å². The van der Waals surface area contributed by atoms with Crippen LogP contribution in [0.25, 0.3) is 0 Å². The number of aliphatic hydroxyl groups is 3. The van der Waals surface area contributed by atoms with Gasteiger partial charge < -0.3 is 24.8 Å². The second kappa shape index (κ2) is 7.04. The zero-order chi connectivity index (χ0) is 22.6. The van der Waals surface area contributed by atoms with Crippen molar-refractivity contribution in [2.24, 2.45) is 46.3 Å². The Hall–Kier alpha value is -0.460. The third-order valence-corrected chi connectivity index (χ3v) is 11.4. The molecule has 2 aliphatic heterocycles. The van der Waals surface area contributed by atoms with E-state index in [0.29, 0.717) is 30.8 Å².